The normalized spacial score (nSPS) is 14.6. The van der Waals surface area contributed by atoms with Gasteiger partial charge >= 0.3 is 17.4 Å². The molecule has 0 aliphatic carbocycles. The first-order chi connectivity index (χ1) is 22.4. The Balaban J connectivity index is 2.10. The standard InChI is InChI=1S/C42H62F2O4P2/c1-37(2,3)27-21-19-22-28(38(4,5)6)35(27)47-49(43)45-33-25-32(42(16,17)18)34(26-31(33)41(13,14)15)46-50(44)48-36-29(39(7,8)9)23-20-24-30(36)40(10,11)12/h19-26H,1-18H3. The maximum Gasteiger partial charge on any atom is 0.505 e. The molecule has 4 nitrogen and oxygen atoms in total. The van der Waals surface area contributed by atoms with E-state index in [9.17, 15) is 0 Å². The molecule has 0 fully saturated rings. The van der Waals surface area contributed by atoms with Crippen molar-refractivity contribution in [3.05, 3.63) is 81.9 Å². The summed E-state index contributed by atoms with van der Waals surface area (Å²) in [5.74, 6) is 1.71. The highest BCUT2D eigenvalue weighted by Crippen LogP contribution is 2.54. The summed E-state index contributed by atoms with van der Waals surface area (Å²) in [6.45, 7) is 37.1. The van der Waals surface area contributed by atoms with E-state index >= 15 is 8.39 Å². The van der Waals surface area contributed by atoms with E-state index in [-0.39, 0.29) is 21.7 Å². The monoisotopic (exact) mass is 730 g/mol. The third kappa shape index (κ3) is 10.3. The first-order valence-electron chi connectivity index (χ1n) is 17.5. The fourth-order valence-electron chi connectivity index (χ4n) is 5.85. The molecule has 50 heavy (non-hydrogen) atoms. The highest BCUT2D eigenvalue weighted by Gasteiger charge is 2.35. The zero-order valence-electron chi connectivity index (χ0n) is 33.9. The predicted octanol–water partition coefficient (Wildman–Crippen LogP) is 14.8. The zero-order chi connectivity index (χ0) is 38.4. The Morgan fingerprint density at radius 2 is 0.580 bits per heavy atom. The van der Waals surface area contributed by atoms with Gasteiger partial charge in [-0.05, 0) is 44.6 Å². The third-order valence-corrected chi connectivity index (χ3v) is 9.96. The summed E-state index contributed by atoms with van der Waals surface area (Å²) in [5, 5.41) is 0. The molecule has 0 heterocycles. The molecule has 0 N–H and O–H groups in total. The molecular formula is C42H62F2O4P2. The minimum Gasteiger partial charge on any atom is -0.414 e. The molecule has 2 unspecified atom stereocenters. The van der Waals surface area contributed by atoms with Crippen LogP contribution in [0.5, 0.6) is 23.0 Å². The van der Waals surface area contributed by atoms with Crippen LogP contribution in [-0.2, 0) is 32.5 Å². The molecule has 0 saturated carbocycles. The van der Waals surface area contributed by atoms with Crippen LogP contribution in [0.15, 0.2) is 48.5 Å². The van der Waals surface area contributed by atoms with Crippen molar-refractivity contribution >= 4 is 17.4 Å². The molecule has 3 aromatic carbocycles. The number of rotatable bonds is 8. The summed E-state index contributed by atoms with van der Waals surface area (Å²) in [4.78, 5) is 0. The number of hydrogen-bond donors (Lipinski definition) is 0. The Labute approximate surface area is 305 Å². The minimum absolute atomic E-state index is 0.282. The average Bonchev–Trinajstić information content (AvgIpc) is 2.90. The van der Waals surface area contributed by atoms with Crippen LogP contribution < -0.4 is 18.1 Å². The van der Waals surface area contributed by atoms with E-state index in [2.05, 4.69) is 83.1 Å². The van der Waals surface area contributed by atoms with Crippen LogP contribution in [0.1, 0.15) is 158 Å². The van der Waals surface area contributed by atoms with E-state index in [0.717, 1.165) is 22.3 Å². The number of hydrogen-bond acceptors (Lipinski definition) is 4. The Kier molecular flexibility index (Phi) is 12.2. The quantitative estimate of drug-likeness (QED) is 0.216. The molecule has 0 saturated heterocycles. The fourth-order valence-corrected chi connectivity index (χ4v) is 7.22. The van der Waals surface area contributed by atoms with Crippen LogP contribution in [0.4, 0.5) is 8.39 Å². The summed E-state index contributed by atoms with van der Waals surface area (Å²) >= 11 is 0. The van der Waals surface area contributed by atoms with Crippen LogP contribution in [0.3, 0.4) is 0 Å². The molecule has 0 aromatic heterocycles. The van der Waals surface area contributed by atoms with E-state index in [4.69, 9.17) is 18.1 Å². The van der Waals surface area contributed by atoms with Crippen LogP contribution in [0, 0.1) is 0 Å². The molecule has 0 radical (unpaired) electrons. The first kappa shape index (κ1) is 42.0. The fraction of sp³-hybridized carbons (Fsp3) is 0.571. The van der Waals surface area contributed by atoms with Gasteiger partial charge in [0, 0.05) is 33.4 Å². The van der Waals surface area contributed by atoms with Gasteiger partial charge in [0.15, 0.2) is 0 Å². The Morgan fingerprint density at radius 1 is 0.360 bits per heavy atom. The molecule has 0 aliphatic heterocycles. The van der Waals surface area contributed by atoms with Gasteiger partial charge in [-0.25, -0.2) is 0 Å². The van der Waals surface area contributed by atoms with Crippen molar-refractivity contribution in [2.24, 2.45) is 0 Å². The molecule has 0 spiro atoms. The van der Waals surface area contributed by atoms with Crippen molar-refractivity contribution in [3.63, 3.8) is 0 Å². The van der Waals surface area contributed by atoms with Crippen molar-refractivity contribution < 1.29 is 26.5 Å². The van der Waals surface area contributed by atoms with Crippen LogP contribution in [0.2, 0.25) is 0 Å². The Bertz CT molecular complexity index is 1460. The lowest BCUT2D eigenvalue weighted by molar-refractivity contribution is 0.399. The predicted molar refractivity (Wildman–Crippen MR) is 210 cm³/mol. The van der Waals surface area contributed by atoms with Crippen molar-refractivity contribution in [3.8, 4) is 23.0 Å². The van der Waals surface area contributed by atoms with E-state index in [1.54, 1.807) is 12.1 Å². The summed E-state index contributed by atoms with van der Waals surface area (Å²) in [5.41, 5.74) is 2.85. The number of benzene rings is 3. The molecule has 3 aromatic rings. The minimum atomic E-state index is -2.90. The average molecular weight is 731 g/mol. The molecule has 278 valence electrons. The Hall–Kier alpha value is -2.42. The lowest BCUT2D eigenvalue weighted by Crippen LogP contribution is -2.20. The Morgan fingerprint density at radius 3 is 0.780 bits per heavy atom. The summed E-state index contributed by atoms with van der Waals surface area (Å²) in [7, 11) is -5.79. The highest BCUT2D eigenvalue weighted by molar-refractivity contribution is 7.42. The molecule has 0 bridgehead atoms. The molecular weight excluding hydrogens is 668 g/mol. The number of para-hydroxylation sites is 2. The van der Waals surface area contributed by atoms with Crippen molar-refractivity contribution in [1.29, 1.82) is 0 Å². The van der Waals surface area contributed by atoms with Crippen molar-refractivity contribution in [1.82, 2.24) is 0 Å². The number of halogens is 2. The molecule has 0 aliphatic rings. The van der Waals surface area contributed by atoms with E-state index in [1.165, 1.54) is 0 Å². The van der Waals surface area contributed by atoms with Crippen molar-refractivity contribution in [2.45, 2.75) is 157 Å². The molecule has 8 heteroatoms. The maximum absolute atomic E-state index is 16.2. The van der Waals surface area contributed by atoms with Gasteiger partial charge in [0.25, 0.3) is 0 Å². The van der Waals surface area contributed by atoms with Crippen LogP contribution in [0.25, 0.3) is 0 Å². The summed E-state index contributed by atoms with van der Waals surface area (Å²) < 4.78 is 57.0. The van der Waals surface area contributed by atoms with Crippen molar-refractivity contribution in [2.75, 3.05) is 0 Å². The highest BCUT2D eigenvalue weighted by atomic mass is 31.2. The van der Waals surface area contributed by atoms with Gasteiger partial charge in [-0.15, -0.1) is 8.39 Å². The molecule has 2 atom stereocenters. The zero-order valence-corrected chi connectivity index (χ0v) is 35.7. The van der Waals surface area contributed by atoms with E-state index < -0.39 is 28.2 Å². The topological polar surface area (TPSA) is 36.9 Å². The first-order valence-corrected chi connectivity index (χ1v) is 19.7. The second kappa shape index (κ2) is 14.5. The van der Waals surface area contributed by atoms with Gasteiger partial charge in [-0.2, -0.15) is 0 Å². The lowest BCUT2D eigenvalue weighted by Gasteiger charge is -2.31. The molecule has 0 amide bonds. The van der Waals surface area contributed by atoms with Crippen LogP contribution in [-0.4, -0.2) is 0 Å². The van der Waals surface area contributed by atoms with E-state index in [0.29, 0.717) is 34.1 Å². The smallest absolute Gasteiger partial charge is 0.414 e. The SMILES string of the molecule is CC(C)(C)c1cc(OP(F)Oc2c(C(C)(C)C)cccc2C(C)(C)C)c(C(C)(C)C)cc1OP(F)Oc1c(C(C)(C)C)cccc1C(C)(C)C. The van der Waals surface area contributed by atoms with Gasteiger partial charge in [-0.1, -0.05) is 161 Å². The third-order valence-electron chi connectivity index (χ3n) is 8.63. The summed E-state index contributed by atoms with van der Waals surface area (Å²) in [6.07, 6.45) is 0. The molecule has 3 rings (SSSR count). The lowest BCUT2D eigenvalue weighted by atomic mass is 9.79. The largest absolute Gasteiger partial charge is 0.505 e. The van der Waals surface area contributed by atoms with Gasteiger partial charge < -0.3 is 18.1 Å². The summed E-state index contributed by atoms with van der Waals surface area (Å²) in [6, 6.07) is 15.5. The second-order valence-corrected chi connectivity index (χ2v) is 21.1. The van der Waals surface area contributed by atoms with Gasteiger partial charge in [0.05, 0.1) is 0 Å². The second-order valence-electron chi connectivity index (χ2n) is 19.5. The van der Waals surface area contributed by atoms with Gasteiger partial charge in [0.1, 0.15) is 23.0 Å². The van der Waals surface area contributed by atoms with Gasteiger partial charge in [0.2, 0.25) is 0 Å². The van der Waals surface area contributed by atoms with Gasteiger partial charge in [-0.3, -0.25) is 0 Å². The van der Waals surface area contributed by atoms with Crippen LogP contribution >= 0.6 is 17.4 Å². The van der Waals surface area contributed by atoms with E-state index in [1.807, 2.05) is 77.9 Å². The maximum atomic E-state index is 16.2.